The Morgan fingerprint density at radius 1 is 1.00 bits per heavy atom. The molecular formula is C20H21NO2. The topological polar surface area (TPSA) is 40.5 Å². The molecule has 1 aliphatic heterocycles. The summed E-state index contributed by atoms with van der Waals surface area (Å²) >= 11 is 0. The van der Waals surface area contributed by atoms with E-state index in [0.717, 1.165) is 13.0 Å². The second-order valence-corrected chi connectivity index (χ2v) is 5.93. The highest BCUT2D eigenvalue weighted by Gasteiger charge is 2.23. The molecule has 0 atom stereocenters. The van der Waals surface area contributed by atoms with Crippen molar-refractivity contribution in [3.05, 3.63) is 83.4 Å². The lowest BCUT2D eigenvalue weighted by atomic mass is 9.83. The van der Waals surface area contributed by atoms with E-state index in [0.29, 0.717) is 6.54 Å². The molecule has 3 heteroatoms. The molecule has 0 spiro atoms. The number of rotatable bonds is 5. The van der Waals surface area contributed by atoms with Gasteiger partial charge in [-0.05, 0) is 23.1 Å². The van der Waals surface area contributed by atoms with Crippen LogP contribution < -0.4 is 0 Å². The lowest BCUT2D eigenvalue weighted by molar-refractivity contribution is -0.138. The normalized spacial score (nSPS) is 15.4. The van der Waals surface area contributed by atoms with Crippen LogP contribution in [0.3, 0.4) is 0 Å². The van der Waals surface area contributed by atoms with Crippen molar-refractivity contribution >= 4 is 5.97 Å². The predicted octanol–water partition coefficient (Wildman–Crippen LogP) is 3.54. The van der Waals surface area contributed by atoms with Gasteiger partial charge in [0.15, 0.2) is 0 Å². The van der Waals surface area contributed by atoms with Crippen molar-refractivity contribution < 1.29 is 9.90 Å². The number of nitrogens with zero attached hydrogens (tertiary/aromatic N) is 1. The molecule has 0 unspecified atom stereocenters. The lowest BCUT2D eigenvalue weighted by Gasteiger charge is -2.31. The summed E-state index contributed by atoms with van der Waals surface area (Å²) in [5.41, 5.74) is 3.79. The van der Waals surface area contributed by atoms with E-state index >= 15 is 0 Å². The Bertz CT molecular complexity index is 640. The Kier molecular flexibility index (Phi) is 4.89. The zero-order chi connectivity index (χ0) is 16.1. The van der Waals surface area contributed by atoms with Crippen LogP contribution in [-0.2, 0) is 4.79 Å². The van der Waals surface area contributed by atoms with E-state index in [1.54, 1.807) is 0 Å². The third-order valence-corrected chi connectivity index (χ3v) is 4.25. The number of hydrogen-bond acceptors (Lipinski definition) is 2. The molecule has 0 bridgehead atoms. The number of carbonyl (C=O) groups is 1. The number of benzene rings is 2. The summed E-state index contributed by atoms with van der Waals surface area (Å²) in [7, 11) is 0. The molecule has 3 rings (SSSR count). The van der Waals surface area contributed by atoms with Gasteiger partial charge in [0.05, 0.1) is 6.54 Å². The van der Waals surface area contributed by atoms with Gasteiger partial charge in [-0.1, -0.05) is 66.7 Å². The summed E-state index contributed by atoms with van der Waals surface area (Å²) in [5, 5.41) is 9.06. The standard InChI is InChI=1S/C20H21NO2/c22-19(23)15-21-13-7-12-18(14-21)20(16-8-3-1-4-9-16)17-10-5-2-6-11-17/h1-6,8-12,20H,7,13-15H2,(H,22,23). The van der Waals surface area contributed by atoms with Crippen LogP contribution in [0.25, 0.3) is 0 Å². The SMILES string of the molecule is O=C(O)CN1CCC=C(C(c2ccccc2)c2ccccc2)C1. The highest BCUT2D eigenvalue weighted by molar-refractivity contribution is 5.69. The first-order valence-corrected chi connectivity index (χ1v) is 7.97. The molecule has 0 amide bonds. The summed E-state index contributed by atoms with van der Waals surface area (Å²) in [4.78, 5) is 13.0. The van der Waals surface area contributed by atoms with Crippen molar-refractivity contribution in [3.63, 3.8) is 0 Å². The fourth-order valence-electron chi connectivity index (χ4n) is 3.28. The molecule has 2 aromatic rings. The summed E-state index contributed by atoms with van der Waals surface area (Å²) in [5.74, 6) is -0.573. The average Bonchev–Trinajstić information content (AvgIpc) is 2.57. The van der Waals surface area contributed by atoms with Gasteiger partial charge in [0.2, 0.25) is 0 Å². The maximum absolute atomic E-state index is 11.0. The van der Waals surface area contributed by atoms with Crippen molar-refractivity contribution in [1.82, 2.24) is 4.90 Å². The molecule has 118 valence electrons. The first kappa shape index (κ1) is 15.5. The fourth-order valence-corrected chi connectivity index (χ4v) is 3.28. The Balaban J connectivity index is 1.93. The molecule has 0 aromatic heterocycles. The molecule has 23 heavy (non-hydrogen) atoms. The van der Waals surface area contributed by atoms with Crippen molar-refractivity contribution in [2.75, 3.05) is 19.6 Å². The van der Waals surface area contributed by atoms with Gasteiger partial charge in [-0.3, -0.25) is 9.69 Å². The molecule has 0 aliphatic carbocycles. The smallest absolute Gasteiger partial charge is 0.317 e. The van der Waals surface area contributed by atoms with Gasteiger partial charge in [-0.2, -0.15) is 0 Å². The minimum Gasteiger partial charge on any atom is -0.480 e. The Labute approximate surface area is 136 Å². The van der Waals surface area contributed by atoms with Crippen LogP contribution in [-0.4, -0.2) is 35.6 Å². The molecule has 3 nitrogen and oxygen atoms in total. The molecule has 1 aliphatic rings. The second kappa shape index (κ2) is 7.25. The van der Waals surface area contributed by atoms with E-state index < -0.39 is 5.97 Å². The molecule has 0 saturated heterocycles. The van der Waals surface area contributed by atoms with Crippen LogP contribution >= 0.6 is 0 Å². The minimum absolute atomic E-state index is 0.105. The fraction of sp³-hybridized carbons (Fsp3) is 0.250. The minimum atomic E-state index is -0.762. The highest BCUT2D eigenvalue weighted by atomic mass is 16.4. The van der Waals surface area contributed by atoms with Crippen LogP contribution in [0.4, 0.5) is 0 Å². The third kappa shape index (κ3) is 3.88. The molecule has 1 heterocycles. The van der Waals surface area contributed by atoms with Crippen LogP contribution in [0.2, 0.25) is 0 Å². The highest BCUT2D eigenvalue weighted by Crippen LogP contribution is 2.33. The second-order valence-electron chi connectivity index (χ2n) is 5.93. The van der Waals surface area contributed by atoms with E-state index in [-0.39, 0.29) is 12.5 Å². The van der Waals surface area contributed by atoms with Crippen molar-refractivity contribution in [1.29, 1.82) is 0 Å². The molecule has 0 radical (unpaired) electrons. The van der Waals surface area contributed by atoms with Gasteiger partial charge in [0.25, 0.3) is 0 Å². The van der Waals surface area contributed by atoms with Gasteiger partial charge < -0.3 is 5.11 Å². The largest absolute Gasteiger partial charge is 0.480 e. The van der Waals surface area contributed by atoms with Gasteiger partial charge >= 0.3 is 5.97 Å². The first-order valence-electron chi connectivity index (χ1n) is 7.97. The first-order chi connectivity index (χ1) is 11.2. The van der Waals surface area contributed by atoms with Crippen molar-refractivity contribution in [2.24, 2.45) is 0 Å². The average molecular weight is 307 g/mol. The van der Waals surface area contributed by atoms with E-state index in [1.807, 2.05) is 17.0 Å². The van der Waals surface area contributed by atoms with E-state index in [9.17, 15) is 4.79 Å². The Morgan fingerprint density at radius 2 is 1.57 bits per heavy atom. The summed E-state index contributed by atoms with van der Waals surface area (Å²) in [6.45, 7) is 1.63. The van der Waals surface area contributed by atoms with Gasteiger partial charge in [0, 0.05) is 19.0 Å². The number of hydrogen-bond donors (Lipinski definition) is 1. The summed E-state index contributed by atoms with van der Waals surface area (Å²) in [6, 6.07) is 20.9. The molecule has 1 N–H and O–H groups in total. The number of carboxylic acid groups (broad SMARTS) is 1. The van der Waals surface area contributed by atoms with E-state index in [2.05, 4.69) is 54.6 Å². The van der Waals surface area contributed by atoms with Gasteiger partial charge in [-0.25, -0.2) is 0 Å². The zero-order valence-electron chi connectivity index (χ0n) is 13.1. The van der Waals surface area contributed by atoms with Crippen molar-refractivity contribution in [2.45, 2.75) is 12.3 Å². The number of aliphatic carboxylic acids is 1. The molecule has 2 aromatic carbocycles. The maximum atomic E-state index is 11.0. The molecule has 0 fully saturated rings. The summed E-state index contributed by atoms with van der Waals surface area (Å²) in [6.07, 6.45) is 3.18. The summed E-state index contributed by atoms with van der Waals surface area (Å²) < 4.78 is 0. The van der Waals surface area contributed by atoms with Crippen LogP contribution in [0.5, 0.6) is 0 Å². The Morgan fingerprint density at radius 3 is 2.09 bits per heavy atom. The van der Waals surface area contributed by atoms with Crippen LogP contribution in [0.15, 0.2) is 72.3 Å². The third-order valence-electron chi connectivity index (χ3n) is 4.25. The van der Waals surface area contributed by atoms with Crippen LogP contribution in [0, 0.1) is 0 Å². The molecule has 0 saturated carbocycles. The van der Waals surface area contributed by atoms with E-state index in [1.165, 1.54) is 16.7 Å². The van der Waals surface area contributed by atoms with Gasteiger partial charge in [0.1, 0.15) is 0 Å². The lowest BCUT2D eigenvalue weighted by Crippen LogP contribution is -2.35. The predicted molar refractivity (Wildman–Crippen MR) is 91.5 cm³/mol. The number of carboxylic acids is 1. The maximum Gasteiger partial charge on any atom is 0.317 e. The Hall–Kier alpha value is -2.39. The monoisotopic (exact) mass is 307 g/mol. The van der Waals surface area contributed by atoms with Crippen molar-refractivity contribution in [3.8, 4) is 0 Å². The van der Waals surface area contributed by atoms with Crippen LogP contribution in [0.1, 0.15) is 23.5 Å². The quantitative estimate of drug-likeness (QED) is 0.859. The van der Waals surface area contributed by atoms with Gasteiger partial charge in [-0.15, -0.1) is 0 Å². The molecular weight excluding hydrogens is 286 g/mol. The van der Waals surface area contributed by atoms with E-state index in [4.69, 9.17) is 5.11 Å². The zero-order valence-corrected chi connectivity index (χ0v) is 13.1.